The van der Waals surface area contributed by atoms with E-state index in [0.717, 1.165) is 83.8 Å². The molecule has 14 heteroatoms. The van der Waals surface area contributed by atoms with Crippen LogP contribution in [0.3, 0.4) is 0 Å². The van der Waals surface area contributed by atoms with E-state index in [1.165, 1.54) is 21.1 Å². The standard InChI is InChI=1S/C43H52N8O6/c1-23(2)36(46-24(3)52)42(54)51-32-17-15-30(19-32)38(51)40-45-21-34(48-40)28-12-8-26(9-13-28)25-6-10-27(11-7-25)33-20-44-39(47-33)37-29-14-16-31(18-29)50(37)41(53)35(22-56-4)49-43(55)57-5/h6-13,20-21,23,29-32,35-38H,14-19,22H2,1-5H3,(H,44,47)(H,45,48)(H,46,52)(H,49,55)/t29-,30-,31+,32+,35-,36-,37-,38-/m0/s1. The maximum absolute atomic E-state index is 13.9. The summed E-state index contributed by atoms with van der Waals surface area (Å²) in [5.41, 5.74) is 5.88. The number of fused-ring (bicyclic) bond motifs is 4. The average molecular weight is 777 g/mol. The number of methoxy groups -OCH3 is 2. The van der Waals surface area contributed by atoms with Crippen molar-refractivity contribution in [2.24, 2.45) is 17.8 Å². The van der Waals surface area contributed by atoms with Crippen LogP contribution in [0.25, 0.3) is 33.6 Å². The van der Waals surface area contributed by atoms with E-state index in [0.29, 0.717) is 5.92 Å². The Hall–Kier alpha value is -5.50. The minimum absolute atomic E-state index is 0.0249. The van der Waals surface area contributed by atoms with Crippen molar-refractivity contribution in [2.75, 3.05) is 20.8 Å². The summed E-state index contributed by atoms with van der Waals surface area (Å²) in [6.07, 6.45) is 8.84. The lowest BCUT2D eigenvalue weighted by Crippen LogP contribution is -2.53. The second kappa shape index (κ2) is 15.8. The molecular formula is C43H52N8O6. The molecule has 4 bridgehead atoms. The number of imidazole rings is 2. The number of piperidine rings is 2. The van der Waals surface area contributed by atoms with Crippen molar-refractivity contribution in [3.05, 3.63) is 72.6 Å². The van der Waals surface area contributed by atoms with Crippen LogP contribution < -0.4 is 10.6 Å². The minimum Gasteiger partial charge on any atom is -0.453 e. The van der Waals surface area contributed by atoms with Crippen molar-refractivity contribution in [1.82, 2.24) is 40.4 Å². The van der Waals surface area contributed by atoms with Gasteiger partial charge in [0, 0.05) is 26.1 Å². The van der Waals surface area contributed by atoms with Gasteiger partial charge >= 0.3 is 6.09 Å². The van der Waals surface area contributed by atoms with Gasteiger partial charge in [-0.05, 0) is 78.5 Å². The summed E-state index contributed by atoms with van der Waals surface area (Å²) >= 11 is 0. The van der Waals surface area contributed by atoms with Crippen molar-refractivity contribution in [3.8, 4) is 33.6 Å². The number of ether oxygens (including phenoxy) is 2. The Morgan fingerprint density at radius 3 is 1.63 bits per heavy atom. The number of aromatic nitrogens is 4. The number of carbonyl (C=O) groups is 4. The number of H-pyrrole nitrogens is 2. The topological polar surface area (TPSA) is 175 Å². The van der Waals surface area contributed by atoms with Crippen LogP contribution >= 0.6 is 0 Å². The maximum Gasteiger partial charge on any atom is 0.407 e. The lowest BCUT2D eigenvalue weighted by atomic mass is 9.95. The minimum atomic E-state index is -0.854. The zero-order valence-electron chi connectivity index (χ0n) is 33.2. The highest BCUT2D eigenvalue weighted by Gasteiger charge is 2.52. The van der Waals surface area contributed by atoms with Gasteiger partial charge < -0.3 is 39.9 Å². The summed E-state index contributed by atoms with van der Waals surface area (Å²) in [6, 6.07) is 15.2. The molecule has 2 aromatic heterocycles. The molecule has 300 valence electrons. The Kier molecular flexibility index (Phi) is 10.6. The van der Waals surface area contributed by atoms with Crippen molar-refractivity contribution >= 4 is 23.8 Å². The lowest BCUT2D eigenvalue weighted by molar-refractivity contribution is -0.141. The predicted molar refractivity (Wildman–Crippen MR) is 212 cm³/mol. The molecule has 2 saturated heterocycles. The van der Waals surface area contributed by atoms with Crippen LogP contribution in [0.5, 0.6) is 0 Å². The second-order valence-corrected chi connectivity index (χ2v) is 16.4. The fourth-order valence-electron chi connectivity index (χ4n) is 9.88. The first-order valence-corrected chi connectivity index (χ1v) is 20.1. The van der Waals surface area contributed by atoms with Crippen LogP contribution in [0.2, 0.25) is 0 Å². The number of aromatic amines is 2. The normalized spacial score (nSPS) is 24.5. The molecule has 0 radical (unpaired) electrons. The van der Waals surface area contributed by atoms with E-state index < -0.39 is 18.2 Å². The van der Waals surface area contributed by atoms with Crippen molar-refractivity contribution in [1.29, 1.82) is 0 Å². The van der Waals surface area contributed by atoms with Gasteiger partial charge in [0.15, 0.2) is 0 Å². The molecular weight excluding hydrogens is 725 g/mol. The first-order chi connectivity index (χ1) is 27.5. The number of hydrogen-bond acceptors (Lipinski definition) is 8. The van der Waals surface area contributed by atoms with Gasteiger partial charge in [-0.2, -0.15) is 0 Å². The van der Waals surface area contributed by atoms with E-state index >= 15 is 0 Å². The van der Waals surface area contributed by atoms with Gasteiger partial charge in [0.25, 0.3) is 0 Å². The Labute approximate surface area is 332 Å². The Balaban J connectivity index is 0.951. The first kappa shape index (κ1) is 38.4. The van der Waals surface area contributed by atoms with Crippen molar-refractivity contribution < 1.29 is 28.7 Å². The number of likely N-dealkylation sites (tertiary alicyclic amines) is 2. The molecule has 2 aliphatic heterocycles. The zero-order valence-corrected chi connectivity index (χ0v) is 33.2. The third kappa shape index (κ3) is 7.31. The highest BCUT2D eigenvalue weighted by Crippen LogP contribution is 2.51. The Morgan fingerprint density at radius 2 is 1.19 bits per heavy atom. The summed E-state index contributed by atoms with van der Waals surface area (Å²) in [5.74, 6) is 1.72. The van der Waals surface area contributed by atoms with Crippen LogP contribution in [0, 0.1) is 17.8 Å². The third-order valence-corrected chi connectivity index (χ3v) is 12.6. The van der Waals surface area contributed by atoms with E-state index in [1.807, 2.05) is 36.0 Å². The van der Waals surface area contributed by atoms with E-state index in [9.17, 15) is 19.2 Å². The molecule has 4 N–H and O–H groups in total. The zero-order chi connectivity index (χ0) is 40.0. The SMILES string of the molecule is COC[C@H](NC(=O)OC)C(=O)N1[C@@H]2CC[C@@H](C2)[C@H]1c1ncc(-c2ccc(-c3ccc(-c4cnc([C@@H]5[C@H]6CC[C@H](C6)N5C(=O)[C@@H](NC(C)=O)C(C)C)[nH]4)cc3)cc2)[nH]1. The van der Waals surface area contributed by atoms with E-state index in [1.54, 1.807) is 0 Å². The van der Waals surface area contributed by atoms with E-state index in [-0.39, 0.29) is 60.3 Å². The van der Waals surface area contributed by atoms with Gasteiger partial charge in [0.1, 0.15) is 23.7 Å². The molecule has 4 aliphatic rings. The number of hydrogen-bond donors (Lipinski definition) is 4. The van der Waals surface area contributed by atoms with Gasteiger partial charge in [-0.3, -0.25) is 14.4 Å². The van der Waals surface area contributed by atoms with Crippen molar-refractivity contribution in [3.63, 3.8) is 0 Å². The van der Waals surface area contributed by atoms with Crippen LogP contribution in [0.1, 0.15) is 83.0 Å². The summed E-state index contributed by atoms with van der Waals surface area (Å²) in [7, 11) is 2.77. The molecule has 8 rings (SSSR count). The monoisotopic (exact) mass is 776 g/mol. The fraction of sp³-hybridized carbons (Fsp3) is 0.488. The van der Waals surface area contributed by atoms with Crippen LogP contribution in [-0.4, -0.2) is 98.5 Å². The van der Waals surface area contributed by atoms with Gasteiger partial charge in [-0.25, -0.2) is 14.8 Å². The van der Waals surface area contributed by atoms with Crippen LogP contribution in [0.4, 0.5) is 4.79 Å². The van der Waals surface area contributed by atoms with Gasteiger partial charge in [-0.15, -0.1) is 0 Å². The number of rotatable bonds is 12. The second-order valence-electron chi connectivity index (χ2n) is 16.4. The summed E-state index contributed by atoms with van der Waals surface area (Å²) in [6.45, 7) is 5.44. The number of benzene rings is 2. The number of alkyl carbamates (subject to hydrolysis) is 1. The third-order valence-electron chi connectivity index (χ3n) is 12.6. The molecule has 0 unspecified atom stereocenters. The summed E-state index contributed by atoms with van der Waals surface area (Å²) < 4.78 is 10.0. The molecule has 4 amide bonds. The molecule has 4 heterocycles. The number of nitrogens with one attached hydrogen (secondary N) is 4. The average Bonchev–Trinajstić information content (AvgIpc) is 4.08. The quantitative estimate of drug-likeness (QED) is 0.140. The maximum atomic E-state index is 13.9. The van der Waals surface area contributed by atoms with Gasteiger partial charge in [0.05, 0.1) is 49.6 Å². The molecule has 2 saturated carbocycles. The highest BCUT2D eigenvalue weighted by atomic mass is 16.5. The molecule has 8 atom stereocenters. The molecule has 2 aliphatic carbocycles. The van der Waals surface area contributed by atoms with E-state index in [4.69, 9.17) is 19.4 Å². The smallest absolute Gasteiger partial charge is 0.407 e. The first-order valence-electron chi connectivity index (χ1n) is 20.1. The molecule has 14 nitrogen and oxygen atoms in total. The predicted octanol–water partition coefficient (Wildman–Crippen LogP) is 5.77. The summed E-state index contributed by atoms with van der Waals surface area (Å²) in [4.78, 5) is 72.1. The molecule has 2 aromatic carbocycles. The van der Waals surface area contributed by atoms with E-state index in [2.05, 4.69) is 69.1 Å². The van der Waals surface area contributed by atoms with Gasteiger partial charge in [0.2, 0.25) is 17.7 Å². The van der Waals surface area contributed by atoms with Crippen LogP contribution in [0.15, 0.2) is 60.9 Å². The molecule has 0 spiro atoms. The van der Waals surface area contributed by atoms with Gasteiger partial charge in [-0.1, -0.05) is 62.4 Å². The fourth-order valence-corrected chi connectivity index (χ4v) is 9.88. The molecule has 4 fully saturated rings. The molecule has 57 heavy (non-hydrogen) atoms. The lowest BCUT2D eigenvalue weighted by Gasteiger charge is -2.37. The molecule has 4 aromatic rings. The number of nitrogens with zero attached hydrogens (tertiary/aromatic N) is 4. The largest absolute Gasteiger partial charge is 0.453 e. The Morgan fingerprint density at radius 1 is 0.719 bits per heavy atom. The number of carbonyl (C=O) groups excluding carboxylic acids is 4. The Bertz CT molecular complexity index is 2110. The van der Waals surface area contributed by atoms with Crippen molar-refractivity contribution in [2.45, 2.75) is 95.5 Å². The summed E-state index contributed by atoms with van der Waals surface area (Å²) in [5, 5.41) is 5.52. The number of amides is 4. The highest BCUT2D eigenvalue weighted by molar-refractivity contribution is 5.88. The van der Waals surface area contributed by atoms with Crippen LogP contribution in [-0.2, 0) is 23.9 Å².